The van der Waals surface area contributed by atoms with Crippen LogP contribution in [-0.4, -0.2) is 73.6 Å². The fraction of sp³-hybridized carbons (Fsp3) is 0.667. The number of aliphatic hydroxyl groups excluding tert-OH is 2. The van der Waals surface area contributed by atoms with Gasteiger partial charge in [-0.1, -0.05) is 0 Å². The van der Waals surface area contributed by atoms with Gasteiger partial charge in [0, 0.05) is 6.42 Å². The fourth-order valence-electron chi connectivity index (χ4n) is 3.06. The average Bonchev–Trinajstić information content (AvgIpc) is 2.87. The first kappa shape index (κ1) is 18.7. The van der Waals surface area contributed by atoms with Gasteiger partial charge in [0.25, 0.3) is 5.56 Å². The van der Waals surface area contributed by atoms with Gasteiger partial charge in [-0.2, -0.15) is 4.39 Å². The van der Waals surface area contributed by atoms with Crippen LogP contribution in [0.2, 0.25) is 0 Å². The van der Waals surface area contributed by atoms with Crippen molar-refractivity contribution in [1.29, 1.82) is 0 Å². The minimum Gasteiger partial charge on any atom is -0.394 e. The Hall–Kier alpha value is -2.08. The van der Waals surface area contributed by atoms with Crippen LogP contribution in [0, 0.1) is 5.82 Å². The van der Waals surface area contributed by atoms with Gasteiger partial charge >= 0.3 is 5.69 Å². The van der Waals surface area contributed by atoms with E-state index in [-0.39, 0.29) is 25.9 Å². The molecule has 1 aromatic heterocycles. The SMILES string of the molecule is O=c1c(F)cn(C2CC(O)C(CO)O2)c(=O)n1CC1=[N+](O)CCOCC1. The summed E-state index contributed by atoms with van der Waals surface area (Å²) in [6.07, 6.45) is -1.93. The van der Waals surface area contributed by atoms with Crippen LogP contribution in [-0.2, 0) is 16.0 Å². The highest BCUT2D eigenvalue weighted by Gasteiger charge is 2.36. The molecule has 0 radical (unpaired) electrons. The zero-order valence-electron chi connectivity index (χ0n) is 14.0. The molecule has 3 unspecified atom stereocenters. The summed E-state index contributed by atoms with van der Waals surface area (Å²) < 4.78 is 27.1. The van der Waals surface area contributed by atoms with Crippen molar-refractivity contribution in [3.05, 3.63) is 32.9 Å². The third-order valence-electron chi connectivity index (χ3n) is 4.54. The van der Waals surface area contributed by atoms with Gasteiger partial charge in [0.1, 0.15) is 25.5 Å². The van der Waals surface area contributed by atoms with Crippen LogP contribution in [0.3, 0.4) is 0 Å². The second kappa shape index (κ2) is 7.66. The highest BCUT2D eigenvalue weighted by molar-refractivity contribution is 5.79. The van der Waals surface area contributed by atoms with Crippen molar-refractivity contribution in [1.82, 2.24) is 9.13 Å². The molecule has 0 amide bonds. The van der Waals surface area contributed by atoms with E-state index in [1.165, 1.54) is 0 Å². The first-order valence-corrected chi connectivity index (χ1v) is 8.27. The third kappa shape index (κ3) is 3.56. The molecule has 1 aromatic rings. The van der Waals surface area contributed by atoms with Crippen molar-refractivity contribution < 1.29 is 34.0 Å². The molecule has 10 nitrogen and oxygen atoms in total. The lowest BCUT2D eigenvalue weighted by atomic mass is 10.2. The summed E-state index contributed by atoms with van der Waals surface area (Å²) in [7, 11) is 0. The maximum atomic E-state index is 14.1. The van der Waals surface area contributed by atoms with Gasteiger partial charge in [0.2, 0.25) is 18.1 Å². The summed E-state index contributed by atoms with van der Waals surface area (Å²) in [5, 5.41) is 28.9. The van der Waals surface area contributed by atoms with Crippen molar-refractivity contribution in [2.24, 2.45) is 0 Å². The number of nitrogens with zero attached hydrogens (tertiary/aromatic N) is 3. The van der Waals surface area contributed by atoms with E-state index in [1.807, 2.05) is 0 Å². The van der Waals surface area contributed by atoms with Gasteiger partial charge < -0.3 is 19.7 Å². The van der Waals surface area contributed by atoms with Crippen LogP contribution in [0.25, 0.3) is 0 Å². The molecular formula is C15H21FN3O7+. The Kier molecular flexibility index (Phi) is 5.51. The Morgan fingerprint density at radius 3 is 2.81 bits per heavy atom. The van der Waals surface area contributed by atoms with Gasteiger partial charge in [0.15, 0.2) is 0 Å². The molecule has 2 aliphatic rings. The fourth-order valence-corrected chi connectivity index (χ4v) is 3.06. The van der Waals surface area contributed by atoms with E-state index in [0.717, 1.165) is 15.5 Å². The largest absolute Gasteiger partial charge is 0.394 e. The van der Waals surface area contributed by atoms with Crippen LogP contribution in [0.5, 0.6) is 0 Å². The zero-order chi connectivity index (χ0) is 18.8. The average molecular weight is 374 g/mol. The molecule has 1 fully saturated rings. The van der Waals surface area contributed by atoms with Crippen LogP contribution in [0.4, 0.5) is 4.39 Å². The molecule has 1 saturated heterocycles. The van der Waals surface area contributed by atoms with Gasteiger partial charge in [-0.05, 0) is 4.74 Å². The Bertz CT molecular complexity index is 818. The van der Waals surface area contributed by atoms with Crippen LogP contribution >= 0.6 is 0 Å². The van der Waals surface area contributed by atoms with E-state index in [4.69, 9.17) is 14.6 Å². The van der Waals surface area contributed by atoms with E-state index < -0.39 is 42.1 Å². The van der Waals surface area contributed by atoms with Crippen molar-refractivity contribution >= 4 is 5.71 Å². The highest BCUT2D eigenvalue weighted by atomic mass is 19.1. The predicted octanol–water partition coefficient (Wildman–Crippen LogP) is -1.95. The summed E-state index contributed by atoms with van der Waals surface area (Å²) in [5.74, 6) is -1.16. The summed E-state index contributed by atoms with van der Waals surface area (Å²) in [6.45, 7) is 0.0169. The molecule has 0 aliphatic carbocycles. The predicted molar refractivity (Wildman–Crippen MR) is 83.9 cm³/mol. The molecule has 0 aromatic carbocycles. The highest BCUT2D eigenvalue weighted by Crippen LogP contribution is 2.27. The van der Waals surface area contributed by atoms with Gasteiger partial charge in [0.05, 0.1) is 31.9 Å². The van der Waals surface area contributed by atoms with Gasteiger partial charge in [-0.25, -0.2) is 9.36 Å². The molecule has 26 heavy (non-hydrogen) atoms. The summed E-state index contributed by atoms with van der Waals surface area (Å²) >= 11 is 0. The van der Waals surface area contributed by atoms with E-state index in [2.05, 4.69) is 0 Å². The maximum Gasteiger partial charge on any atom is 0.333 e. The molecule has 0 bridgehead atoms. The summed E-state index contributed by atoms with van der Waals surface area (Å²) in [5.41, 5.74) is -1.60. The molecule has 0 spiro atoms. The lowest BCUT2D eigenvalue weighted by Gasteiger charge is -2.16. The number of aromatic nitrogens is 2. The molecule has 2 aliphatic heterocycles. The number of hydrogen-bond donors (Lipinski definition) is 3. The molecule has 3 heterocycles. The van der Waals surface area contributed by atoms with E-state index >= 15 is 0 Å². The molecule has 144 valence electrons. The monoisotopic (exact) mass is 374 g/mol. The zero-order valence-corrected chi connectivity index (χ0v) is 14.0. The van der Waals surface area contributed by atoms with Crippen molar-refractivity contribution in [2.75, 3.05) is 26.4 Å². The minimum absolute atomic E-state index is 0.0285. The number of rotatable bonds is 4. The van der Waals surface area contributed by atoms with Crippen molar-refractivity contribution in [2.45, 2.75) is 37.8 Å². The number of ether oxygens (including phenoxy) is 2. The Morgan fingerprint density at radius 1 is 1.35 bits per heavy atom. The molecular weight excluding hydrogens is 353 g/mol. The smallest absolute Gasteiger partial charge is 0.333 e. The molecule has 3 atom stereocenters. The standard InChI is InChI=1S/C15H21FN3O7/c16-10-7-17(13-5-11(21)12(8-20)26-13)15(23)18(14(10)22)6-9-1-3-25-4-2-19(9)24/h7,11-13,20-21,24H,1-6,8H2/q+1. The first-order valence-electron chi connectivity index (χ1n) is 8.27. The third-order valence-corrected chi connectivity index (χ3v) is 4.54. The normalized spacial score (nSPS) is 27.0. The quantitative estimate of drug-likeness (QED) is 0.413. The molecule has 11 heteroatoms. The Balaban J connectivity index is 1.98. The maximum absolute atomic E-state index is 14.1. The minimum atomic E-state index is -1.16. The second-order valence-electron chi connectivity index (χ2n) is 6.22. The summed E-state index contributed by atoms with van der Waals surface area (Å²) in [4.78, 5) is 24.8. The van der Waals surface area contributed by atoms with Crippen molar-refractivity contribution in [3.63, 3.8) is 0 Å². The van der Waals surface area contributed by atoms with Crippen LogP contribution < -0.4 is 11.2 Å². The lowest BCUT2D eigenvalue weighted by molar-refractivity contribution is -0.775. The molecule has 3 N–H and O–H groups in total. The van der Waals surface area contributed by atoms with Crippen LogP contribution in [0.15, 0.2) is 15.8 Å². The van der Waals surface area contributed by atoms with Crippen molar-refractivity contribution in [3.8, 4) is 0 Å². The topological polar surface area (TPSA) is 126 Å². The molecule has 3 rings (SSSR count). The molecule has 0 saturated carbocycles. The number of halogens is 1. The number of hydroxylamine groups is 1. The summed E-state index contributed by atoms with van der Waals surface area (Å²) in [6, 6.07) is 0. The first-order chi connectivity index (χ1) is 12.4. The van der Waals surface area contributed by atoms with E-state index in [9.17, 15) is 24.3 Å². The number of aliphatic hydroxyl groups is 2. The lowest BCUT2D eigenvalue weighted by Crippen LogP contribution is -2.45. The van der Waals surface area contributed by atoms with Gasteiger partial charge in [-0.15, -0.1) is 0 Å². The Labute approximate surface area is 146 Å². The van der Waals surface area contributed by atoms with Crippen LogP contribution in [0.1, 0.15) is 19.1 Å². The number of hydrogen-bond acceptors (Lipinski definition) is 7. The Morgan fingerprint density at radius 2 is 2.12 bits per heavy atom. The van der Waals surface area contributed by atoms with Gasteiger partial charge in [-0.3, -0.25) is 14.6 Å². The second-order valence-corrected chi connectivity index (χ2v) is 6.22. The van der Waals surface area contributed by atoms with E-state index in [1.54, 1.807) is 0 Å². The van der Waals surface area contributed by atoms with E-state index in [0.29, 0.717) is 23.5 Å².